The smallest absolute Gasteiger partial charge is 0.507 e. The molecule has 1 aromatic heterocycles. The quantitative estimate of drug-likeness (QED) is 0.938. The Labute approximate surface area is 117 Å². The minimum Gasteiger partial charge on any atom is -0.507 e. The SMILES string of the molecule is COCc1nc(-c2cc(OC(F)(F)F)ccc2O)nn1C. The van der Waals surface area contributed by atoms with Crippen LogP contribution < -0.4 is 4.74 Å². The number of aromatic nitrogens is 3. The van der Waals surface area contributed by atoms with E-state index >= 15 is 0 Å². The molecule has 0 aliphatic rings. The maximum absolute atomic E-state index is 12.2. The van der Waals surface area contributed by atoms with Crippen LogP contribution in [0.4, 0.5) is 13.2 Å². The molecular formula is C12H12F3N3O3. The van der Waals surface area contributed by atoms with Crippen molar-refractivity contribution in [1.82, 2.24) is 14.8 Å². The minimum absolute atomic E-state index is 0.0368. The van der Waals surface area contributed by atoms with Gasteiger partial charge in [-0.3, -0.25) is 4.68 Å². The molecule has 2 aromatic rings. The molecule has 0 fully saturated rings. The zero-order chi connectivity index (χ0) is 15.6. The van der Waals surface area contributed by atoms with Gasteiger partial charge in [-0.1, -0.05) is 0 Å². The minimum atomic E-state index is -4.81. The van der Waals surface area contributed by atoms with Gasteiger partial charge in [-0.2, -0.15) is 5.10 Å². The Morgan fingerprint density at radius 2 is 2.05 bits per heavy atom. The normalized spacial score (nSPS) is 11.7. The number of methoxy groups -OCH3 is 1. The average molecular weight is 303 g/mol. The Morgan fingerprint density at radius 3 is 2.67 bits per heavy atom. The predicted molar refractivity (Wildman–Crippen MR) is 65.5 cm³/mol. The maximum Gasteiger partial charge on any atom is 0.573 e. The van der Waals surface area contributed by atoms with Crippen LogP contribution in [0.25, 0.3) is 11.4 Å². The lowest BCUT2D eigenvalue weighted by atomic mass is 10.2. The first-order valence-electron chi connectivity index (χ1n) is 5.78. The first kappa shape index (κ1) is 15.1. The van der Waals surface area contributed by atoms with Crippen molar-refractivity contribution in [2.75, 3.05) is 7.11 Å². The van der Waals surface area contributed by atoms with E-state index in [0.29, 0.717) is 5.82 Å². The van der Waals surface area contributed by atoms with Gasteiger partial charge in [0.15, 0.2) is 11.6 Å². The van der Waals surface area contributed by atoms with E-state index in [-0.39, 0.29) is 23.7 Å². The zero-order valence-electron chi connectivity index (χ0n) is 11.2. The van der Waals surface area contributed by atoms with E-state index in [9.17, 15) is 18.3 Å². The molecule has 0 saturated heterocycles. The molecule has 0 unspecified atom stereocenters. The summed E-state index contributed by atoms with van der Waals surface area (Å²) < 4.78 is 46.8. The Hall–Kier alpha value is -2.29. The number of aryl methyl sites for hydroxylation is 1. The number of aromatic hydroxyl groups is 1. The number of phenolic OH excluding ortho intramolecular Hbond substituents is 1. The summed E-state index contributed by atoms with van der Waals surface area (Å²) >= 11 is 0. The van der Waals surface area contributed by atoms with Crippen molar-refractivity contribution in [3.63, 3.8) is 0 Å². The van der Waals surface area contributed by atoms with Crippen molar-refractivity contribution in [1.29, 1.82) is 0 Å². The molecule has 0 atom stereocenters. The van der Waals surface area contributed by atoms with Gasteiger partial charge in [0, 0.05) is 14.2 Å². The predicted octanol–water partition coefficient (Wildman–Crippen LogP) is 2.23. The van der Waals surface area contributed by atoms with Crippen LogP contribution in [-0.2, 0) is 18.4 Å². The molecule has 1 heterocycles. The van der Waals surface area contributed by atoms with E-state index in [2.05, 4.69) is 14.8 Å². The van der Waals surface area contributed by atoms with Crippen LogP contribution in [0.2, 0.25) is 0 Å². The lowest BCUT2D eigenvalue weighted by Crippen LogP contribution is -2.17. The van der Waals surface area contributed by atoms with Crippen molar-refractivity contribution in [2.45, 2.75) is 13.0 Å². The first-order valence-corrected chi connectivity index (χ1v) is 5.78. The summed E-state index contributed by atoms with van der Waals surface area (Å²) in [6.07, 6.45) is -4.81. The Balaban J connectivity index is 2.38. The van der Waals surface area contributed by atoms with E-state index in [1.807, 2.05) is 0 Å². The Kier molecular flexibility index (Phi) is 4.03. The van der Waals surface area contributed by atoms with Gasteiger partial charge < -0.3 is 14.6 Å². The summed E-state index contributed by atoms with van der Waals surface area (Å²) in [6, 6.07) is 3.11. The second-order valence-electron chi connectivity index (χ2n) is 4.14. The molecule has 1 aromatic carbocycles. The number of rotatable bonds is 4. The number of alkyl halides is 3. The molecule has 0 aliphatic carbocycles. The summed E-state index contributed by atoms with van der Waals surface area (Å²) in [5.74, 6) is -0.168. The van der Waals surface area contributed by atoms with Crippen LogP contribution in [0.15, 0.2) is 18.2 Å². The third kappa shape index (κ3) is 3.63. The monoisotopic (exact) mass is 303 g/mol. The van der Waals surface area contributed by atoms with Crippen LogP contribution in [0.5, 0.6) is 11.5 Å². The van der Waals surface area contributed by atoms with E-state index < -0.39 is 12.1 Å². The van der Waals surface area contributed by atoms with Crippen molar-refractivity contribution in [3.8, 4) is 22.9 Å². The number of hydrogen-bond acceptors (Lipinski definition) is 5. The van der Waals surface area contributed by atoms with E-state index in [1.54, 1.807) is 7.05 Å². The molecular weight excluding hydrogens is 291 g/mol. The first-order chi connectivity index (χ1) is 9.80. The highest BCUT2D eigenvalue weighted by molar-refractivity contribution is 5.65. The summed E-state index contributed by atoms with van der Waals surface area (Å²) in [5, 5.41) is 13.8. The van der Waals surface area contributed by atoms with Crippen molar-refractivity contribution < 1.29 is 27.8 Å². The molecule has 2 rings (SSSR count). The summed E-state index contributed by atoms with van der Waals surface area (Å²) in [6.45, 7) is 0.184. The number of ether oxygens (including phenoxy) is 2. The highest BCUT2D eigenvalue weighted by Gasteiger charge is 2.31. The zero-order valence-corrected chi connectivity index (χ0v) is 11.2. The molecule has 0 bridgehead atoms. The van der Waals surface area contributed by atoms with E-state index in [4.69, 9.17) is 4.74 Å². The highest BCUT2D eigenvalue weighted by Crippen LogP contribution is 2.33. The Bertz CT molecular complexity index is 640. The van der Waals surface area contributed by atoms with Crippen LogP contribution in [0, 0.1) is 0 Å². The maximum atomic E-state index is 12.2. The fourth-order valence-electron chi connectivity index (χ4n) is 1.68. The molecule has 0 radical (unpaired) electrons. The van der Waals surface area contributed by atoms with E-state index in [0.717, 1.165) is 18.2 Å². The molecule has 21 heavy (non-hydrogen) atoms. The molecule has 0 amide bonds. The molecule has 0 aliphatic heterocycles. The molecule has 6 nitrogen and oxygen atoms in total. The van der Waals surface area contributed by atoms with Gasteiger partial charge in [0.1, 0.15) is 18.1 Å². The van der Waals surface area contributed by atoms with Gasteiger partial charge in [-0.25, -0.2) is 4.98 Å². The summed E-state index contributed by atoms with van der Waals surface area (Å²) in [4.78, 5) is 4.10. The number of phenols is 1. The number of nitrogens with zero attached hydrogens (tertiary/aromatic N) is 3. The van der Waals surface area contributed by atoms with Gasteiger partial charge in [0.2, 0.25) is 0 Å². The molecule has 0 saturated carbocycles. The second kappa shape index (κ2) is 5.60. The van der Waals surface area contributed by atoms with Crippen molar-refractivity contribution in [3.05, 3.63) is 24.0 Å². The molecule has 9 heteroatoms. The number of hydrogen-bond donors (Lipinski definition) is 1. The van der Waals surface area contributed by atoms with Crippen molar-refractivity contribution in [2.24, 2.45) is 7.05 Å². The van der Waals surface area contributed by atoms with Crippen molar-refractivity contribution >= 4 is 0 Å². The van der Waals surface area contributed by atoms with Gasteiger partial charge in [0.05, 0.1) is 5.56 Å². The number of benzene rings is 1. The van der Waals surface area contributed by atoms with Crippen LogP contribution in [0.3, 0.4) is 0 Å². The molecule has 0 spiro atoms. The van der Waals surface area contributed by atoms with Gasteiger partial charge in [0.25, 0.3) is 0 Å². The van der Waals surface area contributed by atoms with E-state index in [1.165, 1.54) is 11.8 Å². The lowest BCUT2D eigenvalue weighted by Gasteiger charge is -2.10. The fraction of sp³-hybridized carbons (Fsp3) is 0.333. The average Bonchev–Trinajstić information content (AvgIpc) is 2.72. The standard InChI is InChI=1S/C12H12F3N3O3/c1-18-10(6-20-2)16-11(17-18)8-5-7(3-4-9(8)19)21-12(13,14)15/h3-5,19H,6H2,1-2H3. The van der Waals surface area contributed by atoms with Crippen LogP contribution in [-0.4, -0.2) is 33.3 Å². The summed E-state index contributed by atoms with van der Waals surface area (Å²) in [5.41, 5.74) is 0.0368. The van der Waals surface area contributed by atoms with Crippen LogP contribution in [0.1, 0.15) is 5.82 Å². The fourth-order valence-corrected chi connectivity index (χ4v) is 1.68. The third-order valence-electron chi connectivity index (χ3n) is 2.57. The lowest BCUT2D eigenvalue weighted by molar-refractivity contribution is -0.274. The largest absolute Gasteiger partial charge is 0.573 e. The van der Waals surface area contributed by atoms with Gasteiger partial charge in [-0.05, 0) is 18.2 Å². The topological polar surface area (TPSA) is 69.4 Å². The molecule has 114 valence electrons. The molecule has 1 N–H and O–H groups in total. The highest BCUT2D eigenvalue weighted by atomic mass is 19.4. The van der Waals surface area contributed by atoms with Crippen LogP contribution >= 0.6 is 0 Å². The summed E-state index contributed by atoms with van der Waals surface area (Å²) in [7, 11) is 3.08. The van der Waals surface area contributed by atoms with Gasteiger partial charge >= 0.3 is 6.36 Å². The Morgan fingerprint density at radius 1 is 1.33 bits per heavy atom. The number of halogens is 3. The van der Waals surface area contributed by atoms with Gasteiger partial charge in [-0.15, -0.1) is 13.2 Å². The second-order valence-corrected chi connectivity index (χ2v) is 4.14. The third-order valence-corrected chi connectivity index (χ3v) is 2.57.